The van der Waals surface area contributed by atoms with E-state index in [2.05, 4.69) is 32.7 Å². The van der Waals surface area contributed by atoms with E-state index in [0.717, 1.165) is 11.4 Å². The van der Waals surface area contributed by atoms with Gasteiger partial charge in [-0.05, 0) is 26.0 Å². The first-order valence-corrected chi connectivity index (χ1v) is 6.55. The first-order chi connectivity index (χ1) is 10.2. The number of rotatable bonds is 4. The molecule has 106 valence electrons. The van der Waals surface area contributed by atoms with Gasteiger partial charge in [-0.1, -0.05) is 22.9 Å². The van der Waals surface area contributed by atoms with Crippen molar-refractivity contribution in [2.45, 2.75) is 13.8 Å². The Morgan fingerprint density at radius 2 is 1.57 bits per heavy atom. The van der Waals surface area contributed by atoms with Crippen molar-refractivity contribution in [2.75, 3.05) is 10.6 Å². The Hall–Kier alpha value is -2.89. The van der Waals surface area contributed by atoms with Crippen molar-refractivity contribution in [3.05, 3.63) is 54.0 Å². The highest BCUT2D eigenvalue weighted by Crippen LogP contribution is 2.19. The van der Waals surface area contributed by atoms with Crippen LogP contribution < -0.4 is 10.6 Å². The maximum atomic E-state index is 5.00. The lowest BCUT2D eigenvalue weighted by Gasteiger charge is -2.07. The van der Waals surface area contributed by atoms with Crippen molar-refractivity contribution in [3.63, 3.8) is 0 Å². The van der Waals surface area contributed by atoms with Gasteiger partial charge in [-0.15, -0.1) is 0 Å². The smallest absolute Gasteiger partial charge is 0.175 e. The van der Waals surface area contributed by atoms with E-state index in [1.165, 1.54) is 11.9 Å². The van der Waals surface area contributed by atoms with E-state index in [0.29, 0.717) is 17.5 Å². The second-order valence-corrected chi connectivity index (χ2v) is 4.73. The Labute approximate surface area is 122 Å². The third kappa shape index (κ3) is 3.36. The topological polar surface area (TPSA) is 75.9 Å². The van der Waals surface area contributed by atoms with Gasteiger partial charge in [0.05, 0.1) is 0 Å². The number of nitrogens with zero attached hydrogens (tertiary/aromatic N) is 3. The molecule has 0 radical (unpaired) electrons. The Morgan fingerprint density at radius 1 is 0.857 bits per heavy atom. The SMILES string of the molecule is Cc1ccc(Nc2cc(Nc3cc(C)on3)ncn2)cc1. The van der Waals surface area contributed by atoms with E-state index < -0.39 is 0 Å². The Bertz CT molecular complexity index is 736. The summed E-state index contributed by atoms with van der Waals surface area (Å²) in [4.78, 5) is 8.35. The third-order valence-electron chi connectivity index (χ3n) is 2.88. The van der Waals surface area contributed by atoms with Crippen molar-refractivity contribution in [1.29, 1.82) is 0 Å². The predicted octanol–water partition coefficient (Wildman–Crippen LogP) is 3.57. The molecule has 6 heteroatoms. The molecule has 0 amide bonds. The number of aromatic nitrogens is 3. The molecule has 0 spiro atoms. The number of anilines is 4. The molecule has 2 aromatic heterocycles. The molecule has 0 bridgehead atoms. The van der Waals surface area contributed by atoms with Crippen LogP contribution in [-0.2, 0) is 0 Å². The van der Waals surface area contributed by atoms with Crippen LogP contribution in [0, 0.1) is 13.8 Å². The van der Waals surface area contributed by atoms with Crippen molar-refractivity contribution < 1.29 is 4.52 Å². The molecule has 2 heterocycles. The summed E-state index contributed by atoms with van der Waals surface area (Å²) in [6.45, 7) is 3.89. The van der Waals surface area contributed by atoms with E-state index in [9.17, 15) is 0 Å². The average Bonchev–Trinajstić information content (AvgIpc) is 2.87. The fourth-order valence-electron chi connectivity index (χ4n) is 1.84. The Morgan fingerprint density at radius 3 is 2.24 bits per heavy atom. The van der Waals surface area contributed by atoms with Gasteiger partial charge in [-0.25, -0.2) is 9.97 Å². The van der Waals surface area contributed by atoms with Crippen LogP contribution in [0.4, 0.5) is 23.1 Å². The van der Waals surface area contributed by atoms with Crippen LogP contribution in [0.15, 0.2) is 47.2 Å². The predicted molar refractivity (Wildman–Crippen MR) is 81.0 cm³/mol. The maximum Gasteiger partial charge on any atom is 0.175 e. The van der Waals surface area contributed by atoms with Gasteiger partial charge >= 0.3 is 0 Å². The monoisotopic (exact) mass is 281 g/mol. The minimum absolute atomic E-state index is 0.618. The first kappa shape index (κ1) is 13.1. The lowest BCUT2D eigenvalue weighted by atomic mass is 10.2. The molecule has 0 aliphatic heterocycles. The highest BCUT2D eigenvalue weighted by molar-refractivity contribution is 5.61. The van der Waals surface area contributed by atoms with E-state index in [1.54, 1.807) is 6.07 Å². The van der Waals surface area contributed by atoms with Gasteiger partial charge in [-0.2, -0.15) is 0 Å². The summed E-state index contributed by atoms with van der Waals surface area (Å²) in [5.74, 6) is 2.71. The van der Waals surface area contributed by atoms with Crippen LogP contribution in [0.25, 0.3) is 0 Å². The summed E-state index contributed by atoms with van der Waals surface area (Å²) in [5.41, 5.74) is 2.19. The van der Waals surface area contributed by atoms with Crippen LogP contribution in [0.5, 0.6) is 0 Å². The van der Waals surface area contributed by atoms with Crippen LogP contribution in [-0.4, -0.2) is 15.1 Å². The van der Waals surface area contributed by atoms with Crippen molar-refractivity contribution >= 4 is 23.1 Å². The summed E-state index contributed by atoms with van der Waals surface area (Å²) in [6, 6.07) is 11.7. The van der Waals surface area contributed by atoms with E-state index in [1.807, 2.05) is 37.3 Å². The number of benzene rings is 1. The average molecular weight is 281 g/mol. The zero-order valence-electron chi connectivity index (χ0n) is 11.8. The van der Waals surface area contributed by atoms with Gasteiger partial charge in [0.1, 0.15) is 23.7 Å². The largest absolute Gasteiger partial charge is 0.360 e. The number of hydrogen-bond acceptors (Lipinski definition) is 6. The quantitative estimate of drug-likeness (QED) is 0.761. The van der Waals surface area contributed by atoms with Crippen molar-refractivity contribution in [3.8, 4) is 0 Å². The van der Waals surface area contributed by atoms with Gasteiger partial charge in [0.15, 0.2) is 5.82 Å². The molecule has 2 N–H and O–H groups in total. The van der Waals surface area contributed by atoms with Gasteiger partial charge in [0, 0.05) is 17.8 Å². The van der Waals surface area contributed by atoms with Crippen LogP contribution in [0.3, 0.4) is 0 Å². The number of nitrogens with one attached hydrogen (secondary N) is 2. The van der Waals surface area contributed by atoms with Gasteiger partial charge in [-0.3, -0.25) is 0 Å². The zero-order valence-corrected chi connectivity index (χ0v) is 11.8. The lowest BCUT2D eigenvalue weighted by Crippen LogP contribution is -1.98. The number of hydrogen-bond donors (Lipinski definition) is 2. The fourth-order valence-corrected chi connectivity index (χ4v) is 1.84. The molecule has 0 fully saturated rings. The standard InChI is InChI=1S/C15H15N5O/c1-10-3-5-12(6-4-10)18-13-8-14(17-9-16-13)19-15-7-11(2)21-20-15/h3-9H,1-2H3,(H2,16,17,18,19,20). The van der Waals surface area contributed by atoms with Crippen molar-refractivity contribution in [2.24, 2.45) is 0 Å². The minimum atomic E-state index is 0.618. The van der Waals surface area contributed by atoms with Crippen molar-refractivity contribution in [1.82, 2.24) is 15.1 Å². The summed E-state index contributed by atoms with van der Waals surface area (Å²) in [6.07, 6.45) is 1.49. The zero-order chi connectivity index (χ0) is 14.7. The minimum Gasteiger partial charge on any atom is -0.360 e. The molecule has 3 aromatic rings. The second-order valence-electron chi connectivity index (χ2n) is 4.73. The molecule has 21 heavy (non-hydrogen) atoms. The molecule has 1 aromatic carbocycles. The van der Waals surface area contributed by atoms with Gasteiger partial charge in [0.2, 0.25) is 0 Å². The molecule has 0 unspecified atom stereocenters. The highest BCUT2D eigenvalue weighted by atomic mass is 16.5. The fraction of sp³-hybridized carbons (Fsp3) is 0.133. The molecular formula is C15H15N5O. The molecular weight excluding hydrogens is 266 g/mol. The summed E-state index contributed by atoms with van der Waals surface area (Å²) in [7, 11) is 0. The molecule has 6 nitrogen and oxygen atoms in total. The normalized spacial score (nSPS) is 10.4. The summed E-state index contributed by atoms with van der Waals surface area (Å²) >= 11 is 0. The molecule has 0 atom stereocenters. The number of aryl methyl sites for hydroxylation is 2. The van der Waals surface area contributed by atoms with E-state index >= 15 is 0 Å². The Balaban J connectivity index is 1.75. The van der Waals surface area contributed by atoms with Crippen LogP contribution in [0.1, 0.15) is 11.3 Å². The molecule has 0 aliphatic rings. The molecule has 0 saturated heterocycles. The third-order valence-corrected chi connectivity index (χ3v) is 2.88. The maximum absolute atomic E-state index is 5.00. The lowest BCUT2D eigenvalue weighted by molar-refractivity contribution is 0.400. The van der Waals surface area contributed by atoms with E-state index in [4.69, 9.17) is 4.52 Å². The second kappa shape index (κ2) is 5.62. The Kier molecular flexibility index (Phi) is 3.51. The molecule has 3 rings (SSSR count). The van der Waals surface area contributed by atoms with Gasteiger partial charge in [0.25, 0.3) is 0 Å². The van der Waals surface area contributed by atoms with Crippen LogP contribution >= 0.6 is 0 Å². The van der Waals surface area contributed by atoms with Gasteiger partial charge < -0.3 is 15.2 Å². The molecule has 0 aliphatic carbocycles. The summed E-state index contributed by atoms with van der Waals surface area (Å²) < 4.78 is 5.00. The first-order valence-electron chi connectivity index (χ1n) is 6.55. The molecule has 0 saturated carbocycles. The highest BCUT2D eigenvalue weighted by Gasteiger charge is 2.03. The van der Waals surface area contributed by atoms with E-state index in [-0.39, 0.29) is 0 Å². The van der Waals surface area contributed by atoms with Crippen LogP contribution in [0.2, 0.25) is 0 Å². The summed E-state index contributed by atoms with van der Waals surface area (Å²) in [5, 5.41) is 10.2.